The van der Waals surface area contributed by atoms with Gasteiger partial charge in [-0.1, -0.05) is 65.8 Å². The summed E-state index contributed by atoms with van der Waals surface area (Å²) in [5.74, 6) is 0. The van der Waals surface area contributed by atoms with E-state index in [0.29, 0.717) is 11.7 Å². The van der Waals surface area contributed by atoms with Gasteiger partial charge >= 0.3 is 0 Å². The second-order valence-corrected chi connectivity index (χ2v) is 7.34. The van der Waals surface area contributed by atoms with Crippen molar-refractivity contribution in [3.63, 3.8) is 0 Å². The summed E-state index contributed by atoms with van der Waals surface area (Å²) in [6.07, 6.45) is 2.40. The van der Waals surface area contributed by atoms with Crippen LogP contribution in [0.25, 0.3) is 0 Å². The van der Waals surface area contributed by atoms with Crippen molar-refractivity contribution in [3.8, 4) is 0 Å². The molecule has 1 aliphatic rings. The van der Waals surface area contributed by atoms with Crippen molar-refractivity contribution in [2.75, 3.05) is 13.2 Å². The van der Waals surface area contributed by atoms with E-state index in [4.69, 9.17) is 22.1 Å². The van der Waals surface area contributed by atoms with Crippen LogP contribution in [0.2, 0.25) is 5.02 Å². The number of thioether (sulfide) groups is 1. The van der Waals surface area contributed by atoms with E-state index in [1.165, 1.54) is 5.56 Å². The zero-order chi connectivity index (χ0) is 16.8. The van der Waals surface area contributed by atoms with Gasteiger partial charge in [0.25, 0.3) is 0 Å². The molecule has 1 heterocycles. The molecule has 2 N–H and O–H groups in total. The maximum atomic E-state index is 6.19. The van der Waals surface area contributed by atoms with Crippen LogP contribution in [0.4, 0.5) is 0 Å². The number of aliphatic imine (C=N–C) groups is 1. The zero-order valence-corrected chi connectivity index (χ0v) is 15.0. The Balaban J connectivity index is 1.76. The SMILES string of the molecule is NC(=NC[C@@H]1CCCO1)S[C@@H](c1ccccc1)c1ccc(Cl)cc1. The molecule has 0 spiro atoms. The van der Waals surface area contributed by atoms with Crippen molar-refractivity contribution in [2.24, 2.45) is 10.7 Å². The van der Waals surface area contributed by atoms with Gasteiger partial charge in [0.15, 0.2) is 5.17 Å². The lowest BCUT2D eigenvalue weighted by molar-refractivity contribution is 0.118. The van der Waals surface area contributed by atoms with Gasteiger partial charge in [0, 0.05) is 11.6 Å². The largest absolute Gasteiger partial charge is 0.379 e. The predicted octanol–water partition coefficient (Wildman–Crippen LogP) is 4.66. The molecule has 0 unspecified atom stereocenters. The molecule has 0 bridgehead atoms. The van der Waals surface area contributed by atoms with Crippen LogP contribution in [-0.2, 0) is 4.74 Å². The molecular formula is C19H21ClN2OS. The quantitative estimate of drug-likeness (QED) is 0.623. The summed E-state index contributed by atoms with van der Waals surface area (Å²) in [6.45, 7) is 1.48. The van der Waals surface area contributed by atoms with Gasteiger partial charge in [-0.25, -0.2) is 0 Å². The molecule has 2 aromatic rings. The predicted molar refractivity (Wildman–Crippen MR) is 103 cm³/mol. The Morgan fingerprint density at radius 3 is 2.54 bits per heavy atom. The van der Waals surface area contributed by atoms with Crippen molar-refractivity contribution in [2.45, 2.75) is 24.2 Å². The van der Waals surface area contributed by atoms with Gasteiger partial charge in [-0.05, 0) is 36.1 Å². The Morgan fingerprint density at radius 1 is 1.17 bits per heavy atom. The molecule has 0 aromatic heterocycles. The molecule has 5 heteroatoms. The number of amidine groups is 1. The summed E-state index contributed by atoms with van der Waals surface area (Å²) in [7, 11) is 0. The number of hydrogen-bond acceptors (Lipinski definition) is 3. The monoisotopic (exact) mass is 360 g/mol. The molecule has 0 amide bonds. The average Bonchev–Trinajstić information content (AvgIpc) is 3.13. The number of nitrogens with zero attached hydrogens (tertiary/aromatic N) is 1. The highest BCUT2D eigenvalue weighted by molar-refractivity contribution is 8.14. The third-order valence-corrected chi connectivity index (χ3v) is 5.39. The summed E-state index contributed by atoms with van der Waals surface area (Å²) in [5.41, 5.74) is 8.54. The van der Waals surface area contributed by atoms with Crippen molar-refractivity contribution >= 4 is 28.5 Å². The van der Waals surface area contributed by atoms with Crippen LogP contribution < -0.4 is 5.73 Å². The van der Waals surface area contributed by atoms with Crippen LogP contribution in [0, 0.1) is 0 Å². The zero-order valence-electron chi connectivity index (χ0n) is 13.4. The number of benzene rings is 2. The first-order valence-corrected chi connectivity index (χ1v) is 9.37. The van der Waals surface area contributed by atoms with Crippen LogP contribution in [0.1, 0.15) is 29.2 Å². The van der Waals surface area contributed by atoms with E-state index in [9.17, 15) is 0 Å². The highest BCUT2D eigenvalue weighted by Gasteiger charge is 2.18. The smallest absolute Gasteiger partial charge is 0.154 e. The van der Waals surface area contributed by atoms with Crippen LogP contribution in [-0.4, -0.2) is 24.4 Å². The molecule has 1 aliphatic heterocycles. The van der Waals surface area contributed by atoms with Crippen LogP contribution in [0.3, 0.4) is 0 Å². The van der Waals surface area contributed by atoms with E-state index in [1.807, 2.05) is 42.5 Å². The fourth-order valence-corrected chi connectivity index (χ4v) is 3.84. The average molecular weight is 361 g/mol. The number of ether oxygens (including phenoxy) is 1. The lowest BCUT2D eigenvalue weighted by Crippen LogP contribution is -2.16. The van der Waals surface area contributed by atoms with Crippen LogP contribution in [0.5, 0.6) is 0 Å². The highest BCUT2D eigenvalue weighted by Crippen LogP contribution is 2.36. The van der Waals surface area contributed by atoms with Gasteiger partial charge in [0.2, 0.25) is 0 Å². The molecule has 1 fully saturated rings. The van der Waals surface area contributed by atoms with E-state index in [-0.39, 0.29) is 11.4 Å². The van der Waals surface area contributed by atoms with E-state index in [0.717, 1.165) is 30.0 Å². The van der Waals surface area contributed by atoms with Gasteiger partial charge in [-0.15, -0.1) is 0 Å². The Labute approximate surface area is 152 Å². The fraction of sp³-hybridized carbons (Fsp3) is 0.316. The first kappa shape index (κ1) is 17.3. The van der Waals surface area contributed by atoms with Crippen LogP contribution in [0.15, 0.2) is 59.6 Å². The fourth-order valence-electron chi connectivity index (χ4n) is 2.73. The molecule has 2 atom stereocenters. The number of hydrogen-bond donors (Lipinski definition) is 1. The third kappa shape index (κ3) is 4.76. The van der Waals surface area contributed by atoms with E-state index >= 15 is 0 Å². The normalized spacial score (nSPS) is 19.4. The summed E-state index contributed by atoms with van der Waals surface area (Å²) in [4.78, 5) is 4.52. The summed E-state index contributed by atoms with van der Waals surface area (Å²) in [5, 5.41) is 1.42. The third-order valence-electron chi connectivity index (χ3n) is 3.99. The van der Waals surface area contributed by atoms with E-state index in [2.05, 4.69) is 17.1 Å². The summed E-state index contributed by atoms with van der Waals surface area (Å²) >= 11 is 7.59. The minimum atomic E-state index is 0.0942. The second-order valence-electron chi connectivity index (χ2n) is 5.77. The first-order valence-electron chi connectivity index (χ1n) is 8.11. The minimum absolute atomic E-state index is 0.0942. The van der Waals surface area contributed by atoms with E-state index in [1.54, 1.807) is 11.8 Å². The van der Waals surface area contributed by atoms with Crippen molar-refractivity contribution < 1.29 is 4.74 Å². The molecule has 24 heavy (non-hydrogen) atoms. The Bertz CT molecular complexity index is 670. The van der Waals surface area contributed by atoms with Gasteiger partial charge in [-0.2, -0.15) is 0 Å². The number of nitrogens with two attached hydrogens (primary N) is 1. The molecule has 126 valence electrons. The topological polar surface area (TPSA) is 47.6 Å². The lowest BCUT2D eigenvalue weighted by atomic mass is 10.0. The molecule has 2 aromatic carbocycles. The molecule has 0 aliphatic carbocycles. The molecule has 0 radical (unpaired) electrons. The lowest BCUT2D eigenvalue weighted by Gasteiger charge is -2.17. The maximum absolute atomic E-state index is 6.19. The molecule has 0 saturated carbocycles. The molecule has 3 rings (SSSR count). The highest BCUT2D eigenvalue weighted by atomic mass is 35.5. The van der Waals surface area contributed by atoms with Gasteiger partial charge in [-0.3, -0.25) is 4.99 Å². The van der Waals surface area contributed by atoms with Crippen molar-refractivity contribution in [1.29, 1.82) is 0 Å². The summed E-state index contributed by atoms with van der Waals surface area (Å²) < 4.78 is 5.60. The minimum Gasteiger partial charge on any atom is -0.379 e. The maximum Gasteiger partial charge on any atom is 0.154 e. The Hall–Kier alpha value is -1.49. The Morgan fingerprint density at radius 2 is 1.88 bits per heavy atom. The van der Waals surface area contributed by atoms with Crippen molar-refractivity contribution in [3.05, 3.63) is 70.7 Å². The van der Waals surface area contributed by atoms with Crippen LogP contribution >= 0.6 is 23.4 Å². The van der Waals surface area contributed by atoms with Gasteiger partial charge in [0.05, 0.1) is 17.9 Å². The molecule has 1 saturated heterocycles. The first-order chi connectivity index (χ1) is 11.7. The van der Waals surface area contributed by atoms with Gasteiger partial charge in [0.1, 0.15) is 0 Å². The van der Waals surface area contributed by atoms with Gasteiger partial charge < -0.3 is 10.5 Å². The number of halogens is 1. The summed E-state index contributed by atoms with van der Waals surface area (Å²) in [6, 6.07) is 18.2. The molecular weight excluding hydrogens is 340 g/mol. The van der Waals surface area contributed by atoms with Crippen molar-refractivity contribution in [1.82, 2.24) is 0 Å². The standard InChI is InChI=1S/C19H21ClN2OS/c20-16-10-8-15(9-11-16)18(14-5-2-1-3-6-14)24-19(21)22-13-17-7-4-12-23-17/h1-3,5-6,8-11,17-18H,4,7,12-13H2,(H2,21,22)/t17-,18-/m0/s1. The number of rotatable bonds is 5. The second kappa shape index (κ2) is 8.56. The molecule has 3 nitrogen and oxygen atoms in total. The Kier molecular flexibility index (Phi) is 6.18. The van der Waals surface area contributed by atoms with E-state index < -0.39 is 0 Å².